The van der Waals surface area contributed by atoms with Gasteiger partial charge in [0.05, 0.1) is 26.2 Å². The van der Waals surface area contributed by atoms with E-state index in [0.717, 1.165) is 11.8 Å². The van der Waals surface area contributed by atoms with Crippen molar-refractivity contribution in [3.63, 3.8) is 0 Å². The molecule has 10 heteroatoms. The molecule has 0 heterocycles. The topological polar surface area (TPSA) is 105 Å². The molecule has 0 unspecified atom stereocenters. The number of methoxy groups -OCH3 is 2. The molecular formula is C27H39N3O6S. The fourth-order valence-electron chi connectivity index (χ4n) is 4.00. The number of rotatable bonds is 14. The van der Waals surface area contributed by atoms with Gasteiger partial charge in [0.15, 0.2) is 0 Å². The van der Waals surface area contributed by atoms with Crippen LogP contribution in [0.1, 0.15) is 45.6 Å². The number of carbonyl (C=O) groups excluding carboxylic acids is 2. The van der Waals surface area contributed by atoms with Gasteiger partial charge in [-0.05, 0) is 56.5 Å². The molecule has 0 bridgehead atoms. The number of nitrogens with zero attached hydrogens (tertiary/aromatic N) is 2. The maximum Gasteiger partial charge on any atom is 0.243 e. The number of sulfonamides is 1. The highest BCUT2D eigenvalue weighted by Crippen LogP contribution is 2.24. The van der Waals surface area contributed by atoms with Crippen molar-refractivity contribution in [2.24, 2.45) is 0 Å². The van der Waals surface area contributed by atoms with E-state index < -0.39 is 16.1 Å². The summed E-state index contributed by atoms with van der Waals surface area (Å²) >= 11 is 0. The lowest BCUT2D eigenvalue weighted by Crippen LogP contribution is -2.50. The van der Waals surface area contributed by atoms with E-state index in [0.29, 0.717) is 23.6 Å². The SMILES string of the molecule is CC[C@H](C(=O)NC(C)C)N(Cc1ccc(OC)cc1)C(=O)CCCN(c1cccc(OC)c1)S(C)(=O)=O. The molecule has 0 spiro atoms. The number of anilines is 1. The Balaban J connectivity index is 2.23. The van der Waals surface area contributed by atoms with Crippen molar-refractivity contribution in [2.45, 2.75) is 58.7 Å². The standard InChI is InChI=1S/C27H39N3O6S/c1-7-25(27(32)28-20(2)3)29(19-21-13-15-23(35-4)16-14-21)26(31)12-9-17-30(37(6,33)34)22-10-8-11-24(18-22)36-5/h8,10-11,13-16,18,20,25H,7,9,12,17,19H2,1-6H3,(H,28,32)/t25-/m1/s1. The zero-order valence-corrected chi connectivity index (χ0v) is 23.4. The summed E-state index contributed by atoms with van der Waals surface area (Å²) in [6.45, 7) is 5.98. The van der Waals surface area contributed by atoms with E-state index in [1.54, 1.807) is 36.3 Å². The Morgan fingerprint density at radius 3 is 2.19 bits per heavy atom. The summed E-state index contributed by atoms with van der Waals surface area (Å²) in [6.07, 6.45) is 1.94. The largest absolute Gasteiger partial charge is 0.497 e. The first-order valence-electron chi connectivity index (χ1n) is 12.3. The summed E-state index contributed by atoms with van der Waals surface area (Å²) in [5.74, 6) is 0.800. The van der Waals surface area contributed by atoms with Gasteiger partial charge in [-0.2, -0.15) is 0 Å². The molecule has 2 aromatic rings. The Morgan fingerprint density at radius 1 is 1.00 bits per heavy atom. The van der Waals surface area contributed by atoms with Gasteiger partial charge in [0.25, 0.3) is 0 Å². The van der Waals surface area contributed by atoms with E-state index in [-0.39, 0.29) is 43.8 Å². The van der Waals surface area contributed by atoms with Crippen LogP contribution in [0.25, 0.3) is 0 Å². The Bertz CT molecular complexity index is 1140. The van der Waals surface area contributed by atoms with E-state index >= 15 is 0 Å². The first-order valence-corrected chi connectivity index (χ1v) is 14.2. The molecule has 0 aromatic heterocycles. The predicted molar refractivity (Wildman–Crippen MR) is 145 cm³/mol. The number of hydrogen-bond acceptors (Lipinski definition) is 6. The highest BCUT2D eigenvalue weighted by molar-refractivity contribution is 7.92. The van der Waals surface area contributed by atoms with Crippen LogP contribution in [0.15, 0.2) is 48.5 Å². The Labute approximate surface area is 220 Å². The van der Waals surface area contributed by atoms with Crippen LogP contribution in [0.3, 0.4) is 0 Å². The van der Waals surface area contributed by atoms with Crippen molar-refractivity contribution >= 4 is 27.5 Å². The van der Waals surface area contributed by atoms with Gasteiger partial charge < -0.3 is 19.7 Å². The summed E-state index contributed by atoms with van der Waals surface area (Å²) in [7, 11) is -0.491. The summed E-state index contributed by atoms with van der Waals surface area (Å²) in [4.78, 5) is 28.0. The highest BCUT2D eigenvalue weighted by atomic mass is 32.2. The first kappa shape index (κ1) is 30.0. The van der Waals surface area contributed by atoms with Gasteiger partial charge in [-0.15, -0.1) is 0 Å². The average molecular weight is 534 g/mol. The third kappa shape index (κ3) is 8.96. The van der Waals surface area contributed by atoms with Crippen LogP contribution < -0.4 is 19.1 Å². The van der Waals surface area contributed by atoms with Gasteiger partial charge >= 0.3 is 0 Å². The van der Waals surface area contributed by atoms with E-state index in [1.807, 2.05) is 45.0 Å². The molecule has 0 radical (unpaired) electrons. The lowest BCUT2D eigenvalue weighted by atomic mass is 10.1. The van der Waals surface area contributed by atoms with E-state index in [4.69, 9.17) is 9.47 Å². The number of nitrogens with one attached hydrogen (secondary N) is 1. The Hall–Kier alpha value is -3.27. The number of amides is 2. The monoisotopic (exact) mass is 533 g/mol. The van der Waals surface area contributed by atoms with Crippen molar-refractivity contribution in [3.8, 4) is 11.5 Å². The molecule has 2 rings (SSSR count). The van der Waals surface area contributed by atoms with Crippen molar-refractivity contribution in [3.05, 3.63) is 54.1 Å². The van der Waals surface area contributed by atoms with Gasteiger partial charge in [-0.1, -0.05) is 25.1 Å². The van der Waals surface area contributed by atoms with E-state index in [1.165, 1.54) is 11.4 Å². The highest BCUT2D eigenvalue weighted by Gasteiger charge is 2.29. The van der Waals surface area contributed by atoms with Crippen LogP contribution in [0.4, 0.5) is 5.69 Å². The van der Waals surface area contributed by atoms with Gasteiger partial charge in [-0.25, -0.2) is 8.42 Å². The fraction of sp³-hybridized carbons (Fsp3) is 0.481. The molecule has 0 fully saturated rings. The van der Waals surface area contributed by atoms with Crippen molar-refractivity contribution in [1.82, 2.24) is 10.2 Å². The predicted octanol–water partition coefficient (Wildman–Crippen LogP) is 3.58. The maximum atomic E-state index is 13.5. The molecule has 0 aliphatic heterocycles. The second-order valence-corrected chi connectivity index (χ2v) is 11.0. The summed E-state index contributed by atoms with van der Waals surface area (Å²) in [5.41, 5.74) is 1.33. The molecule has 0 aliphatic rings. The number of ether oxygens (including phenoxy) is 2. The Morgan fingerprint density at radius 2 is 1.65 bits per heavy atom. The molecule has 204 valence electrons. The fourth-order valence-corrected chi connectivity index (χ4v) is 4.95. The zero-order chi connectivity index (χ0) is 27.6. The van der Waals surface area contributed by atoms with Gasteiger partial charge in [0.2, 0.25) is 21.8 Å². The molecule has 0 saturated carbocycles. The number of carbonyl (C=O) groups is 2. The molecule has 2 aromatic carbocycles. The van der Waals surface area contributed by atoms with Gasteiger partial charge in [-0.3, -0.25) is 13.9 Å². The Kier molecular flexibility index (Phi) is 11.2. The quantitative estimate of drug-likeness (QED) is 0.398. The molecule has 0 aliphatic carbocycles. The minimum absolute atomic E-state index is 0.0642. The molecule has 2 amide bonds. The van der Waals surface area contributed by atoms with Crippen LogP contribution in [-0.2, 0) is 26.2 Å². The third-order valence-electron chi connectivity index (χ3n) is 5.82. The van der Waals surface area contributed by atoms with Crippen LogP contribution in [0.2, 0.25) is 0 Å². The normalized spacial score (nSPS) is 12.1. The van der Waals surface area contributed by atoms with Crippen LogP contribution >= 0.6 is 0 Å². The van der Waals surface area contributed by atoms with E-state index in [2.05, 4.69) is 5.32 Å². The van der Waals surface area contributed by atoms with Gasteiger partial charge in [0.1, 0.15) is 17.5 Å². The first-order chi connectivity index (χ1) is 17.5. The summed E-state index contributed by atoms with van der Waals surface area (Å²) in [5, 5.41) is 2.91. The summed E-state index contributed by atoms with van der Waals surface area (Å²) < 4.78 is 36.7. The molecular weight excluding hydrogens is 494 g/mol. The molecule has 0 saturated heterocycles. The van der Waals surface area contributed by atoms with Crippen LogP contribution in [-0.4, -0.2) is 64.2 Å². The molecule has 1 N–H and O–H groups in total. The number of hydrogen-bond donors (Lipinski definition) is 1. The minimum Gasteiger partial charge on any atom is -0.497 e. The van der Waals surface area contributed by atoms with Crippen molar-refractivity contribution in [2.75, 3.05) is 31.3 Å². The molecule has 1 atom stereocenters. The van der Waals surface area contributed by atoms with Crippen molar-refractivity contribution < 1.29 is 27.5 Å². The van der Waals surface area contributed by atoms with Crippen molar-refractivity contribution in [1.29, 1.82) is 0 Å². The molecule has 37 heavy (non-hydrogen) atoms. The second kappa shape index (κ2) is 13.9. The second-order valence-electron chi connectivity index (χ2n) is 9.10. The molecule has 9 nitrogen and oxygen atoms in total. The van der Waals surface area contributed by atoms with Crippen LogP contribution in [0.5, 0.6) is 11.5 Å². The summed E-state index contributed by atoms with van der Waals surface area (Å²) in [6, 6.07) is 13.4. The minimum atomic E-state index is -3.59. The van der Waals surface area contributed by atoms with Gasteiger partial charge in [0, 0.05) is 31.6 Å². The lowest BCUT2D eigenvalue weighted by molar-refractivity contribution is -0.141. The zero-order valence-electron chi connectivity index (χ0n) is 22.6. The number of benzene rings is 2. The lowest BCUT2D eigenvalue weighted by Gasteiger charge is -2.31. The third-order valence-corrected chi connectivity index (χ3v) is 7.02. The van der Waals surface area contributed by atoms with E-state index in [9.17, 15) is 18.0 Å². The smallest absolute Gasteiger partial charge is 0.243 e. The van der Waals surface area contributed by atoms with Crippen LogP contribution in [0, 0.1) is 0 Å². The maximum absolute atomic E-state index is 13.5. The average Bonchev–Trinajstić information content (AvgIpc) is 2.85.